The second-order valence-electron chi connectivity index (χ2n) is 7.69. The molecule has 0 bridgehead atoms. The zero-order valence-corrected chi connectivity index (χ0v) is 14.5. The first-order valence-electron chi connectivity index (χ1n) is 8.45. The molecule has 1 aliphatic rings. The average molecular weight is 298 g/mol. The maximum absolute atomic E-state index is 11.7. The zero-order valence-electron chi connectivity index (χ0n) is 14.5. The Bertz CT molecular complexity index is 310. The number of rotatable bonds is 5. The molecule has 0 radical (unpaired) electrons. The highest BCUT2D eigenvalue weighted by atomic mass is 16.6. The summed E-state index contributed by atoms with van der Waals surface area (Å²) >= 11 is 0. The minimum Gasteiger partial charge on any atom is -0.444 e. The molecule has 1 aliphatic heterocycles. The lowest BCUT2D eigenvalue weighted by Crippen LogP contribution is -2.34. The fraction of sp³-hybridized carbons (Fsp3) is 0.941. The van der Waals surface area contributed by atoms with Crippen LogP contribution in [0.3, 0.4) is 0 Å². The van der Waals surface area contributed by atoms with E-state index < -0.39 is 5.60 Å². The number of hydrogen-bond acceptors (Lipinski definition) is 3. The number of alkyl carbamates (subject to hydrolysis) is 1. The Morgan fingerprint density at radius 1 is 1.24 bits per heavy atom. The van der Waals surface area contributed by atoms with Crippen LogP contribution in [-0.4, -0.2) is 31.3 Å². The van der Waals surface area contributed by atoms with Gasteiger partial charge in [-0.25, -0.2) is 4.79 Å². The molecule has 0 saturated carbocycles. The second kappa shape index (κ2) is 8.62. The zero-order chi connectivity index (χ0) is 15.9. The number of amides is 1. The SMILES string of the molecule is CC(C)CC1CCNCCC1CCNC(=O)OC(C)(C)C. The highest BCUT2D eigenvalue weighted by molar-refractivity contribution is 5.67. The Kier molecular flexibility index (Phi) is 7.50. The Morgan fingerprint density at radius 2 is 1.86 bits per heavy atom. The molecule has 2 atom stereocenters. The van der Waals surface area contributed by atoms with Crippen LogP contribution in [-0.2, 0) is 4.74 Å². The van der Waals surface area contributed by atoms with Gasteiger partial charge < -0.3 is 15.4 Å². The maximum atomic E-state index is 11.7. The standard InChI is InChI=1S/C17H34N2O2/c1-13(2)12-15-7-10-18-9-6-14(15)8-11-19-16(20)21-17(3,4)5/h13-15,18H,6-12H2,1-5H3,(H,19,20). The van der Waals surface area contributed by atoms with Crippen LogP contribution in [0.2, 0.25) is 0 Å². The molecule has 1 heterocycles. The molecule has 124 valence electrons. The van der Waals surface area contributed by atoms with E-state index in [1.165, 1.54) is 19.3 Å². The van der Waals surface area contributed by atoms with Crippen molar-refractivity contribution in [1.29, 1.82) is 0 Å². The van der Waals surface area contributed by atoms with Gasteiger partial charge in [-0.15, -0.1) is 0 Å². The van der Waals surface area contributed by atoms with Crippen LogP contribution in [0.25, 0.3) is 0 Å². The van der Waals surface area contributed by atoms with E-state index in [0.717, 1.165) is 31.3 Å². The summed E-state index contributed by atoms with van der Waals surface area (Å²) in [4.78, 5) is 11.7. The van der Waals surface area contributed by atoms with Crippen molar-refractivity contribution in [3.05, 3.63) is 0 Å². The molecule has 4 heteroatoms. The van der Waals surface area contributed by atoms with E-state index in [0.29, 0.717) is 12.5 Å². The van der Waals surface area contributed by atoms with Crippen molar-refractivity contribution in [3.8, 4) is 0 Å². The molecular formula is C17H34N2O2. The van der Waals surface area contributed by atoms with Crippen molar-refractivity contribution in [2.45, 2.75) is 65.9 Å². The van der Waals surface area contributed by atoms with Gasteiger partial charge in [-0.3, -0.25) is 0 Å². The molecule has 21 heavy (non-hydrogen) atoms. The summed E-state index contributed by atoms with van der Waals surface area (Å²) in [5.74, 6) is 2.23. The van der Waals surface area contributed by atoms with Crippen LogP contribution in [0, 0.1) is 17.8 Å². The topological polar surface area (TPSA) is 50.4 Å². The minimum atomic E-state index is -0.420. The molecule has 0 aromatic rings. The van der Waals surface area contributed by atoms with Gasteiger partial charge in [0, 0.05) is 6.54 Å². The summed E-state index contributed by atoms with van der Waals surface area (Å²) in [6, 6.07) is 0. The molecule has 0 aliphatic carbocycles. The van der Waals surface area contributed by atoms with Crippen LogP contribution in [0.1, 0.15) is 60.3 Å². The summed E-state index contributed by atoms with van der Waals surface area (Å²) in [7, 11) is 0. The molecule has 0 aromatic heterocycles. The number of ether oxygens (including phenoxy) is 1. The van der Waals surface area contributed by atoms with E-state index in [-0.39, 0.29) is 6.09 Å². The number of carbonyl (C=O) groups is 1. The first kappa shape index (κ1) is 18.3. The van der Waals surface area contributed by atoms with Gasteiger partial charge in [0.15, 0.2) is 0 Å². The van der Waals surface area contributed by atoms with Crippen LogP contribution in [0.4, 0.5) is 4.79 Å². The quantitative estimate of drug-likeness (QED) is 0.816. The molecule has 1 saturated heterocycles. The van der Waals surface area contributed by atoms with Gasteiger partial charge >= 0.3 is 6.09 Å². The first-order chi connectivity index (χ1) is 9.78. The summed E-state index contributed by atoms with van der Waals surface area (Å²) in [6.07, 6.45) is 4.52. The van der Waals surface area contributed by atoms with E-state index in [1.54, 1.807) is 0 Å². The van der Waals surface area contributed by atoms with Gasteiger partial charge in [0.25, 0.3) is 0 Å². The van der Waals surface area contributed by atoms with E-state index in [4.69, 9.17) is 4.74 Å². The Balaban J connectivity index is 2.37. The predicted octanol–water partition coefficient (Wildman–Crippen LogP) is 3.56. The van der Waals surface area contributed by atoms with Crippen LogP contribution in [0.5, 0.6) is 0 Å². The maximum Gasteiger partial charge on any atom is 0.407 e. The third-order valence-corrected chi connectivity index (χ3v) is 4.01. The molecule has 4 nitrogen and oxygen atoms in total. The van der Waals surface area contributed by atoms with E-state index in [2.05, 4.69) is 24.5 Å². The summed E-state index contributed by atoms with van der Waals surface area (Å²) < 4.78 is 5.28. The smallest absolute Gasteiger partial charge is 0.407 e. The summed E-state index contributed by atoms with van der Waals surface area (Å²) in [5.41, 5.74) is -0.420. The number of carbonyl (C=O) groups excluding carboxylic acids is 1. The molecule has 2 N–H and O–H groups in total. The highest BCUT2D eigenvalue weighted by Crippen LogP contribution is 2.30. The molecule has 0 spiro atoms. The number of nitrogens with one attached hydrogen (secondary N) is 2. The van der Waals surface area contributed by atoms with Crippen LogP contribution in [0.15, 0.2) is 0 Å². The largest absolute Gasteiger partial charge is 0.444 e. The van der Waals surface area contributed by atoms with Gasteiger partial charge in [-0.2, -0.15) is 0 Å². The molecule has 1 fully saturated rings. The fourth-order valence-electron chi connectivity index (χ4n) is 3.14. The van der Waals surface area contributed by atoms with Crippen molar-refractivity contribution in [2.75, 3.05) is 19.6 Å². The third kappa shape index (κ3) is 8.30. The monoisotopic (exact) mass is 298 g/mol. The molecule has 1 rings (SSSR count). The second-order valence-corrected chi connectivity index (χ2v) is 7.69. The lowest BCUT2D eigenvalue weighted by Gasteiger charge is -2.27. The van der Waals surface area contributed by atoms with Crippen molar-refractivity contribution >= 4 is 6.09 Å². The van der Waals surface area contributed by atoms with Crippen molar-refractivity contribution < 1.29 is 9.53 Å². The molecule has 0 aromatic carbocycles. The van der Waals surface area contributed by atoms with Gasteiger partial charge in [-0.1, -0.05) is 13.8 Å². The van der Waals surface area contributed by atoms with Gasteiger partial charge in [-0.05, 0) is 77.3 Å². The Hall–Kier alpha value is -0.770. The van der Waals surface area contributed by atoms with Crippen LogP contribution < -0.4 is 10.6 Å². The molecule has 1 amide bonds. The number of hydrogen-bond donors (Lipinski definition) is 2. The van der Waals surface area contributed by atoms with E-state index in [9.17, 15) is 4.79 Å². The van der Waals surface area contributed by atoms with Crippen LogP contribution >= 0.6 is 0 Å². The van der Waals surface area contributed by atoms with Crippen molar-refractivity contribution in [2.24, 2.45) is 17.8 Å². The van der Waals surface area contributed by atoms with Gasteiger partial charge in [0.1, 0.15) is 5.60 Å². The minimum absolute atomic E-state index is 0.297. The third-order valence-electron chi connectivity index (χ3n) is 4.01. The fourth-order valence-corrected chi connectivity index (χ4v) is 3.14. The first-order valence-corrected chi connectivity index (χ1v) is 8.45. The lowest BCUT2D eigenvalue weighted by molar-refractivity contribution is 0.0522. The van der Waals surface area contributed by atoms with Crippen molar-refractivity contribution in [3.63, 3.8) is 0 Å². The summed E-state index contributed by atoms with van der Waals surface area (Å²) in [6.45, 7) is 13.2. The van der Waals surface area contributed by atoms with E-state index in [1.807, 2.05) is 20.8 Å². The Labute approximate surface area is 130 Å². The lowest BCUT2D eigenvalue weighted by atomic mass is 9.80. The summed E-state index contributed by atoms with van der Waals surface area (Å²) in [5, 5.41) is 6.40. The predicted molar refractivity (Wildman–Crippen MR) is 87.4 cm³/mol. The van der Waals surface area contributed by atoms with Gasteiger partial charge in [0.05, 0.1) is 0 Å². The molecular weight excluding hydrogens is 264 g/mol. The van der Waals surface area contributed by atoms with Crippen molar-refractivity contribution in [1.82, 2.24) is 10.6 Å². The normalized spacial score (nSPS) is 23.7. The Morgan fingerprint density at radius 3 is 2.43 bits per heavy atom. The molecule has 2 unspecified atom stereocenters. The highest BCUT2D eigenvalue weighted by Gasteiger charge is 2.24. The average Bonchev–Trinajstić information content (AvgIpc) is 2.52. The van der Waals surface area contributed by atoms with E-state index >= 15 is 0 Å². The van der Waals surface area contributed by atoms with Gasteiger partial charge in [0.2, 0.25) is 0 Å².